The van der Waals surface area contributed by atoms with Gasteiger partial charge >= 0.3 is 0 Å². The molecule has 0 radical (unpaired) electrons. The fourth-order valence-electron chi connectivity index (χ4n) is 2.52. The van der Waals surface area contributed by atoms with E-state index in [1.54, 1.807) is 0 Å². The van der Waals surface area contributed by atoms with Crippen molar-refractivity contribution in [3.63, 3.8) is 0 Å². The van der Waals surface area contributed by atoms with Gasteiger partial charge in [0.2, 0.25) is 0 Å². The highest BCUT2D eigenvalue weighted by molar-refractivity contribution is 5.86. The molecule has 0 saturated carbocycles. The average molecular weight is 396 g/mol. The molecular formula is C17H29Cl3N4. The number of hydrogen-bond acceptors (Lipinski definition) is 4. The van der Waals surface area contributed by atoms with E-state index in [2.05, 4.69) is 52.7 Å². The molecule has 138 valence electrons. The minimum Gasteiger partial charge on any atom is -0.329 e. The molecule has 2 aromatic carbocycles. The Kier molecular flexibility index (Phi) is 15.7. The lowest BCUT2D eigenvalue weighted by Crippen LogP contribution is -2.38. The SMILES string of the molecule is Cl.Cl.Cl.NCCN(CCN)CCNCc1ccc2ccccc2c1. The van der Waals surface area contributed by atoms with Crippen LogP contribution in [0, 0.1) is 0 Å². The Balaban J connectivity index is 0. The van der Waals surface area contributed by atoms with Crippen LogP contribution in [0.25, 0.3) is 10.8 Å². The van der Waals surface area contributed by atoms with Crippen molar-refractivity contribution in [2.24, 2.45) is 11.5 Å². The molecule has 0 unspecified atom stereocenters. The van der Waals surface area contributed by atoms with Crippen molar-refractivity contribution in [2.75, 3.05) is 39.3 Å². The first kappa shape index (κ1) is 25.6. The fraction of sp³-hybridized carbons (Fsp3) is 0.412. The Labute approximate surface area is 163 Å². The van der Waals surface area contributed by atoms with Crippen LogP contribution in [0.5, 0.6) is 0 Å². The molecule has 4 nitrogen and oxygen atoms in total. The molecule has 0 atom stereocenters. The second-order valence-electron chi connectivity index (χ2n) is 5.28. The molecule has 0 spiro atoms. The number of nitrogens with zero attached hydrogens (tertiary/aromatic N) is 1. The van der Waals surface area contributed by atoms with Crippen LogP contribution in [0.1, 0.15) is 5.56 Å². The smallest absolute Gasteiger partial charge is 0.0206 e. The van der Waals surface area contributed by atoms with E-state index in [0.717, 1.165) is 32.7 Å². The summed E-state index contributed by atoms with van der Waals surface area (Å²) >= 11 is 0. The van der Waals surface area contributed by atoms with E-state index < -0.39 is 0 Å². The molecule has 2 rings (SSSR count). The van der Waals surface area contributed by atoms with Crippen LogP contribution in [-0.4, -0.2) is 44.2 Å². The van der Waals surface area contributed by atoms with Gasteiger partial charge in [0.25, 0.3) is 0 Å². The molecule has 0 aliphatic heterocycles. The summed E-state index contributed by atoms with van der Waals surface area (Å²) in [5.41, 5.74) is 12.5. The largest absolute Gasteiger partial charge is 0.329 e. The molecule has 0 aromatic heterocycles. The van der Waals surface area contributed by atoms with Gasteiger partial charge in [-0.25, -0.2) is 0 Å². The lowest BCUT2D eigenvalue weighted by Gasteiger charge is -2.20. The second-order valence-corrected chi connectivity index (χ2v) is 5.28. The molecule has 0 fully saturated rings. The van der Waals surface area contributed by atoms with Gasteiger partial charge in [-0.2, -0.15) is 0 Å². The van der Waals surface area contributed by atoms with E-state index in [-0.39, 0.29) is 37.2 Å². The van der Waals surface area contributed by atoms with Crippen molar-refractivity contribution >= 4 is 48.0 Å². The van der Waals surface area contributed by atoms with Gasteiger partial charge in [0.15, 0.2) is 0 Å². The van der Waals surface area contributed by atoms with Crippen LogP contribution < -0.4 is 16.8 Å². The number of nitrogens with one attached hydrogen (secondary N) is 1. The second kappa shape index (κ2) is 14.7. The van der Waals surface area contributed by atoms with Crippen molar-refractivity contribution in [2.45, 2.75) is 6.54 Å². The van der Waals surface area contributed by atoms with Crippen LogP contribution in [0.4, 0.5) is 0 Å². The monoisotopic (exact) mass is 394 g/mol. The first-order valence-electron chi connectivity index (χ1n) is 7.64. The summed E-state index contributed by atoms with van der Waals surface area (Å²) in [6, 6.07) is 15.1. The highest BCUT2D eigenvalue weighted by Crippen LogP contribution is 2.15. The summed E-state index contributed by atoms with van der Waals surface area (Å²) in [6.45, 7) is 6.03. The third-order valence-corrected chi connectivity index (χ3v) is 3.64. The summed E-state index contributed by atoms with van der Waals surface area (Å²) in [6.07, 6.45) is 0. The lowest BCUT2D eigenvalue weighted by atomic mass is 10.1. The molecule has 24 heavy (non-hydrogen) atoms. The highest BCUT2D eigenvalue weighted by Gasteiger charge is 2.02. The number of benzene rings is 2. The van der Waals surface area contributed by atoms with Gasteiger partial charge in [-0.05, 0) is 22.4 Å². The predicted octanol–water partition coefficient (Wildman–Crippen LogP) is 2.41. The zero-order valence-corrected chi connectivity index (χ0v) is 16.3. The summed E-state index contributed by atoms with van der Waals surface area (Å²) in [4.78, 5) is 2.30. The van der Waals surface area contributed by atoms with Gasteiger partial charge in [0.05, 0.1) is 0 Å². The molecular weight excluding hydrogens is 367 g/mol. The van der Waals surface area contributed by atoms with Crippen molar-refractivity contribution in [1.82, 2.24) is 10.2 Å². The van der Waals surface area contributed by atoms with Gasteiger partial charge in [-0.15, -0.1) is 37.2 Å². The van der Waals surface area contributed by atoms with E-state index in [4.69, 9.17) is 11.5 Å². The molecule has 0 bridgehead atoms. The standard InChI is InChI=1S/C17H26N4.3ClH/c18-7-10-21(11-8-19)12-9-20-14-15-5-6-16-3-1-2-4-17(16)13-15;;;/h1-6,13,20H,7-12,14,18-19H2;3*1H. The molecule has 0 heterocycles. The topological polar surface area (TPSA) is 67.3 Å². The maximum Gasteiger partial charge on any atom is 0.0206 e. The van der Waals surface area contributed by atoms with Crippen molar-refractivity contribution in [3.8, 4) is 0 Å². The van der Waals surface area contributed by atoms with Crippen LogP contribution in [0.3, 0.4) is 0 Å². The third kappa shape index (κ3) is 8.49. The summed E-state index contributed by atoms with van der Waals surface area (Å²) in [5.74, 6) is 0. The van der Waals surface area contributed by atoms with Gasteiger partial charge in [-0.3, -0.25) is 4.90 Å². The third-order valence-electron chi connectivity index (χ3n) is 3.64. The molecule has 0 saturated heterocycles. The first-order valence-corrected chi connectivity index (χ1v) is 7.64. The van der Waals surface area contributed by atoms with E-state index in [9.17, 15) is 0 Å². The lowest BCUT2D eigenvalue weighted by molar-refractivity contribution is 0.287. The molecule has 7 heteroatoms. The number of rotatable bonds is 9. The van der Waals surface area contributed by atoms with E-state index in [0.29, 0.717) is 13.1 Å². The predicted molar refractivity (Wildman–Crippen MR) is 112 cm³/mol. The van der Waals surface area contributed by atoms with Gasteiger partial charge in [0.1, 0.15) is 0 Å². The van der Waals surface area contributed by atoms with Crippen LogP contribution in [0.2, 0.25) is 0 Å². The number of fused-ring (bicyclic) bond motifs is 1. The van der Waals surface area contributed by atoms with E-state index >= 15 is 0 Å². The van der Waals surface area contributed by atoms with E-state index in [1.165, 1.54) is 16.3 Å². The first-order chi connectivity index (χ1) is 10.3. The van der Waals surface area contributed by atoms with Crippen molar-refractivity contribution in [3.05, 3.63) is 48.0 Å². The highest BCUT2D eigenvalue weighted by atomic mass is 35.5. The Hall–Kier alpha value is -0.590. The normalized spacial score (nSPS) is 9.96. The summed E-state index contributed by atoms with van der Waals surface area (Å²) in [7, 11) is 0. The average Bonchev–Trinajstić information content (AvgIpc) is 2.52. The Morgan fingerprint density at radius 3 is 2.04 bits per heavy atom. The maximum absolute atomic E-state index is 5.60. The zero-order chi connectivity index (χ0) is 14.9. The summed E-state index contributed by atoms with van der Waals surface area (Å²) in [5, 5.41) is 6.08. The zero-order valence-electron chi connectivity index (χ0n) is 13.8. The number of hydrogen-bond donors (Lipinski definition) is 3. The van der Waals surface area contributed by atoms with E-state index in [1.807, 2.05) is 0 Å². The minimum absolute atomic E-state index is 0. The van der Waals surface area contributed by atoms with Gasteiger partial charge < -0.3 is 16.8 Å². The molecule has 0 aliphatic carbocycles. The Morgan fingerprint density at radius 2 is 1.42 bits per heavy atom. The minimum atomic E-state index is 0. The number of nitrogens with two attached hydrogens (primary N) is 2. The molecule has 0 aliphatic rings. The van der Waals surface area contributed by atoms with Crippen LogP contribution in [0.15, 0.2) is 42.5 Å². The quantitative estimate of drug-likeness (QED) is 0.570. The van der Waals surface area contributed by atoms with Crippen LogP contribution in [-0.2, 0) is 6.54 Å². The number of halogens is 3. The molecule has 0 amide bonds. The Morgan fingerprint density at radius 1 is 0.792 bits per heavy atom. The van der Waals surface area contributed by atoms with Crippen molar-refractivity contribution in [1.29, 1.82) is 0 Å². The fourth-order valence-corrected chi connectivity index (χ4v) is 2.52. The van der Waals surface area contributed by atoms with Gasteiger partial charge in [0, 0.05) is 45.8 Å². The molecule has 2 aromatic rings. The molecule has 5 N–H and O–H groups in total. The Bertz CT molecular complexity index is 548. The summed E-state index contributed by atoms with van der Waals surface area (Å²) < 4.78 is 0. The van der Waals surface area contributed by atoms with Crippen LogP contribution >= 0.6 is 37.2 Å². The maximum atomic E-state index is 5.60. The van der Waals surface area contributed by atoms with Crippen molar-refractivity contribution < 1.29 is 0 Å². The van der Waals surface area contributed by atoms with Gasteiger partial charge in [-0.1, -0.05) is 36.4 Å².